The second-order valence-electron chi connectivity index (χ2n) is 11.4. The molecular weight excluding hydrogens is 487 g/mol. The molecule has 0 N–H and O–H groups in total. The SMILES string of the molecule is CC(C)(C)c1ccc(CN2CCC3(CC2)CN(C(=O)COc2ccc(Cl)cc2)c2ccc(F)cc23)cc1. The molecule has 0 radical (unpaired) electrons. The Morgan fingerprint density at radius 3 is 2.32 bits per heavy atom. The standard InChI is InChI=1S/C31H34ClFN2O2/c1-30(2,3)23-6-4-22(5-7-23)19-34-16-14-31(15-17-34)21-35(28-13-10-25(33)18-27(28)31)29(36)20-37-26-11-8-24(32)9-12-26/h4-13,18H,14-17,19-21H2,1-3H3. The van der Waals surface area contributed by atoms with E-state index < -0.39 is 0 Å². The number of ether oxygens (including phenoxy) is 1. The lowest BCUT2D eigenvalue weighted by molar-refractivity contribution is -0.120. The largest absolute Gasteiger partial charge is 0.484 e. The number of fused-ring (bicyclic) bond motifs is 2. The molecule has 194 valence electrons. The molecule has 0 aliphatic carbocycles. The molecule has 2 aliphatic heterocycles. The summed E-state index contributed by atoms with van der Waals surface area (Å²) >= 11 is 5.94. The summed E-state index contributed by atoms with van der Waals surface area (Å²) in [6.45, 7) is 9.87. The van der Waals surface area contributed by atoms with E-state index in [1.54, 1.807) is 41.3 Å². The predicted molar refractivity (Wildman–Crippen MR) is 147 cm³/mol. The highest BCUT2D eigenvalue weighted by Gasteiger charge is 2.46. The molecule has 6 heteroatoms. The van der Waals surface area contributed by atoms with Crippen molar-refractivity contribution in [2.24, 2.45) is 0 Å². The number of nitrogens with zero attached hydrogens (tertiary/aromatic N) is 2. The van der Waals surface area contributed by atoms with Crippen LogP contribution in [0.25, 0.3) is 0 Å². The van der Waals surface area contributed by atoms with Crippen molar-refractivity contribution < 1.29 is 13.9 Å². The fourth-order valence-corrected chi connectivity index (χ4v) is 5.68. The van der Waals surface area contributed by atoms with Crippen molar-refractivity contribution in [2.75, 3.05) is 31.1 Å². The Morgan fingerprint density at radius 2 is 1.68 bits per heavy atom. The quantitative estimate of drug-likeness (QED) is 0.373. The second kappa shape index (κ2) is 10.1. The van der Waals surface area contributed by atoms with Crippen LogP contribution in [0.4, 0.5) is 10.1 Å². The van der Waals surface area contributed by atoms with Gasteiger partial charge in [-0.1, -0.05) is 56.6 Å². The van der Waals surface area contributed by atoms with Gasteiger partial charge in [0.1, 0.15) is 11.6 Å². The summed E-state index contributed by atoms with van der Waals surface area (Å²) in [6, 6.07) is 20.7. The van der Waals surface area contributed by atoms with Crippen molar-refractivity contribution in [1.82, 2.24) is 4.90 Å². The van der Waals surface area contributed by atoms with E-state index in [1.807, 2.05) is 0 Å². The average molecular weight is 521 g/mol. The number of halogens is 2. The number of piperidine rings is 1. The Kier molecular flexibility index (Phi) is 7.03. The van der Waals surface area contributed by atoms with Crippen molar-refractivity contribution in [3.8, 4) is 5.75 Å². The van der Waals surface area contributed by atoms with Crippen LogP contribution >= 0.6 is 11.6 Å². The highest BCUT2D eigenvalue weighted by molar-refractivity contribution is 6.30. The molecule has 4 nitrogen and oxygen atoms in total. The summed E-state index contributed by atoms with van der Waals surface area (Å²) in [5, 5.41) is 0.615. The first-order valence-corrected chi connectivity index (χ1v) is 13.3. The molecule has 3 aromatic carbocycles. The van der Waals surface area contributed by atoms with Gasteiger partial charge in [0.05, 0.1) is 0 Å². The van der Waals surface area contributed by atoms with Crippen molar-refractivity contribution in [1.29, 1.82) is 0 Å². The van der Waals surface area contributed by atoms with Gasteiger partial charge < -0.3 is 9.64 Å². The zero-order chi connectivity index (χ0) is 26.2. The second-order valence-corrected chi connectivity index (χ2v) is 11.8. The zero-order valence-electron chi connectivity index (χ0n) is 21.8. The molecule has 3 aromatic rings. The minimum Gasteiger partial charge on any atom is -0.484 e. The number of likely N-dealkylation sites (tertiary alicyclic amines) is 1. The first kappa shape index (κ1) is 25.7. The monoisotopic (exact) mass is 520 g/mol. The van der Waals surface area contributed by atoms with Crippen LogP contribution in [-0.2, 0) is 22.2 Å². The average Bonchev–Trinajstić information content (AvgIpc) is 3.18. The molecule has 2 heterocycles. The Balaban J connectivity index is 1.26. The van der Waals surface area contributed by atoms with E-state index in [2.05, 4.69) is 49.9 Å². The number of anilines is 1. The van der Waals surface area contributed by atoms with Gasteiger partial charge in [-0.15, -0.1) is 0 Å². The molecular formula is C31H34ClFN2O2. The molecule has 0 saturated carbocycles. The highest BCUT2D eigenvalue weighted by Crippen LogP contribution is 2.47. The van der Waals surface area contributed by atoms with E-state index in [1.165, 1.54) is 17.2 Å². The van der Waals surface area contributed by atoms with Crippen LogP contribution in [0.2, 0.25) is 5.02 Å². The molecule has 0 unspecified atom stereocenters. The molecule has 37 heavy (non-hydrogen) atoms. The van der Waals surface area contributed by atoms with Crippen molar-refractivity contribution in [3.63, 3.8) is 0 Å². The Hall–Kier alpha value is -2.89. The molecule has 0 bridgehead atoms. The molecule has 1 saturated heterocycles. The lowest BCUT2D eigenvalue weighted by Gasteiger charge is -2.40. The Morgan fingerprint density at radius 1 is 1.00 bits per heavy atom. The van der Waals surface area contributed by atoms with Gasteiger partial charge in [0.2, 0.25) is 0 Å². The summed E-state index contributed by atoms with van der Waals surface area (Å²) in [5.41, 5.74) is 4.30. The zero-order valence-corrected chi connectivity index (χ0v) is 22.5. The summed E-state index contributed by atoms with van der Waals surface area (Å²) in [6.07, 6.45) is 1.76. The van der Waals surface area contributed by atoms with Crippen molar-refractivity contribution in [3.05, 3.63) is 94.3 Å². The molecule has 1 spiro atoms. The smallest absolute Gasteiger partial charge is 0.264 e. The molecule has 1 amide bonds. The van der Waals surface area contributed by atoms with Crippen LogP contribution < -0.4 is 9.64 Å². The van der Waals surface area contributed by atoms with Gasteiger partial charge in [0, 0.05) is 29.2 Å². The lowest BCUT2D eigenvalue weighted by atomic mass is 9.74. The number of rotatable bonds is 5. The third-order valence-electron chi connectivity index (χ3n) is 7.80. The van der Waals surface area contributed by atoms with Gasteiger partial charge in [0.15, 0.2) is 6.61 Å². The minimum atomic E-state index is -0.258. The molecule has 0 aromatic heterocycles. The van der Waals surface area contributed by atoms with E-state index in [4.69, 9.17) is 16.3 Å². The van der Waals surface area contributed by atoms with Crippen LogP contribution in [0.3, 0.4) is 0 Å². The van der Waals surface area contributed by atoms with Gasteiger partial charge >= 0.3 is 0 Å². The Labute approximate surface area is 224 Å². The molecule has 1 fully saturated rings. The minimum absolute atomic E-state index is 0.0782. The number of carbonyl (C=O) groups excluding carboxylic acids is 1. The number of amides is 1. The number of carbonyl (C=O) groups is 1. The van der Waals surface area contributed by atoms with Crippen LogP contribution in [-0.4, -0.2) is 37.0 Å². The molecule has 5 rings (SSSR count). The van der Waals surface area contributed by atoms with E-state index in [9.17, 15) is 9.18 Å². The first-order valence-electron chi connectivity index (χ1n) is 12.9. The van der Waals surface area contributed by atoms with E-state index in [0.29, 0.717) is 17.3 Å². The topological polar surface area (TPSA) is 32.8 Å². The summed E-state index contributed by atoms with van der Waals surface area (Å²) in [4.78, 5) is 17.5. The van der Waals surface area contributed by atoms with Gasteiger partial charge in [0.25, 0.3) is 5.91 Å². The highest BCUT2D eigenvalue weighted by atomic mass is 35.5. The lowest BCUT2D eigenvalue weighted by Crippen LogP contribution is -2.46. The van der Waals surface area contributed by atoms with Crippen LogP contribution in [0, 0.1) is 5.82 Å². The van der Waals surface area contributed by atoms with Crippen LogP contribution in [0.1, 0.15) is 50.3 Å². The first-order chi connectivity index (χ1) is 17.6. The van der Waals surface area contributed by atoms with E-state index >= 15 is 0 Å². The summed E-state index contributed by atoms with van der Waals surface area (Å²) in [5.74, 6) is 0.210. The fourth-order valence-electron chi connectivity index (χ4n) is 5.55. The van der Waals surface area contributed by atoms with Gasteiger partial charge in [-0.05, 0) is 90.5 Å². The van der Waals surface area contributed by atoms with E-state index in [0.717, 1.165) is 43.7 Å². The molecule has 2 aliphatic rings. The van der Waals surface area contributed by atoms with Crippen LogP contribution in [0.15, 0.2) is 66.7 Å². The normalized spacial score (nSPS) is 17.2. The van der Waals surface area contributed by atoms with Gasteiger partial charge in [-0.3, -0.25) is 9.69 Å². The summed E-state index contributed by atoms with van der Waals surface area (Å²) < 4.78 is 20.1. The predicted octanol–water partition coefficient (Wildman–Crippen LogP) is 6.74. The van der Waals surface area contributed by atoms with Gasteiger partial charge in [-0.2, -0.15) is 0 Å². The van der Waals surface area contributed by atoms with Crippen molar-refractivity contribution >= 4 is 23.2 Å². The molecule has 0 atom stereocenters. The Bertz CT molecular complexity index is 1260. The summed E-state index contributed by atoms with van der Waals surface area (Å²) in [7, 11) is 0. The number of benzene rings is 3. The number of hydrogen-bond acceptors (Lipinski definition) is 3. The maximum atomic E-state index is 14.4. The third-order valence-corrected chi connectivity index (χ3v) is 8.05. The maximum absolute atomic E-state index is 14.4. The van der Waals surface area contributed by atoms with E-state index in [-0.39, 0.29) is 29.2 Å². The van der Waals surface area contributed by atoms with Crippen molar-refractivity contribution in [2.45, 2.75) is 51.0 Å². The number of hydrogen-bond donors (Lipinski definition) is 0. The van der Waals surface area contributed by atoms with Gasteiger partial charge in [-0.25, -0.2) is 4.39 Å². The van der Waals surface area contributed by atoms with Crippen LogP contribution in [0.5, 0.6) is 5.75 Å². The third kappa shape index (κ3) is 5.53. The fraction of sp³-hybridized carbons (Fsp3) is 0.387. The maximum Gasteiger partial charge on any atom is 0.264 e.